The predicted octanol–water partition coefficient (Wildman–Crippen LogP) is 3.83. The molecule has 0 spiro atoms. The molecule has 2 unspecified atom stereocenters. The molecule has 0 radical (unpaired) electrons. The minimum atomic E-state index is -0.524. The smallest absolute Gasteiger partial charge is 0.323 e. The van der Waals surface area contributed by atoms with Gasteiger partial charge in [0.1, 0.15) is 6.04 Å². The van der Waals surface area contributed by atoms with Gasteiger partial charge in [0.25, 0.3) is 0 Å². The third kappa shape index (κ3) is 4.31. The van der Waals surface area contributed by atoms with E-state index in [0.29, 0.717) is 6.42 Å². The summed E-state index contributed by atoms with van der Waals surface area (Å²) in [6.07, 6.45) is 3.21. The zero-order chi connectivity index (χ0) is 15.9. The van der Waals surface area contributed by atoms with Crippen LogP contribution in [0.25, 0.3) is 10.8 Å². The van der Waals surface area contributed by atoms with Crippen LogP contribution >= 0.6 is 0 Å². The first-order valence-electron chi connectivity index (χ1n) is 8.04. The second kappa shape index (κ2) is 7.95. The molecule has 2 atom stereocenters. The topological polar surface area (TPSA) is 52.3 Å². The van der Waals surface area contributed by atoms with Crippen LogP contribution in [0.4, 0.5) is 0 Å². The van der Waals surface area contributed by atoms with Crippen molar-refractivity contribution < 1.29 is 9.53 Å². The summed E-state index contributed by atoms with van der Waals surface area (Å²) in [5.41, 5.74) is 7.23. The summed E-state index contributed by atoms with van der Waals surface area (Å²) < 4.78 is 5.27. The number of hydrogen-bond acceptors (Lipinski definition) is 3. The van der Waals surface area contributed by atoms with E-state index in [-0.39, 0.29) is 12.1 Å². The molecule has 0 saturated carbocycles. The zero-order valence-electron chi connectivity index (χ0n) is 13.4. The fourth-order valence-electron chi connectivity index (χ4n) is 2.51. The zero-order valence-corrected chi connectivity index (χ0v) is 13.4. The number of ether oxygens (including phenoxy) is 1. The lowest BCUT2D eigenvalue weighted by atomic mass is 9.99. The van der Waals surface area contributed by atoms with Gasteiger partial charge in [-0.15, -0.1) is 0 Å². The Hall–Kier alpha value is -1.87. The lowest BCUT2D eigenvalue weighted by Gasteiger charge is -2.15. The number of esters is 1. The molecular weight excluding hydrogens is 274 g/mol. The quantitative estimate of drug-likeness (QED) is 0.790. The molecule has 0 aliphatic carbocycles. The van der Waals surface area contributed by atoms with Gasteiger partial charge in [0, 0.05) is 0 Å². The summed E-state index contributed by atoms with van der Waals surface area (Å²) in [5, 5.41) is 2.53. The Balaban J connectivity index is 1.89. The van der Waals surface area contributed by atoms with Gasteiger partial charge in [0.15, 0.2) is 0 Å². The van der Waals surface area contributed by atoms with Crippen LogP contribution in [0.1, 0.15) is 38.7 Å². The Bertz CT molecular complexity index is 618. The first-order chi connectivity index (χ1) is 10.6. The van der Waals surface area contributed by atoms with E-state index < -0.39 is 6.04 Å². The molecule has 0 aliphatic rings. The number of carbonyl (C=O) groups is 1. The average Bonchev–Trinajstić information content (AvgIpc) is 2.54. The van der Waals surface area contributed by atoms with Gasteiger partial charge in [0.05, 0.1) is 6.10 Å². The van der Waals surface area contributed by atoms with Gasteiger partial charge >= 0.3 is 5.97 Å². The van der Waals surface area contributed by atoms with Crippen LogP contribution in [0, 0.1) is 0 Å². The van der Waals surface area contributed by atoms with Crippen LogP contribution in [0.15, 0.2) is 42.5 Å². The molecule has 0 aliphatic heterocycles. The first kappa shape index (κ1) is 16.5. The van der Waals surface area contributed by atoms with Crippen molar-refractivity contribution >= 4 is 16.7 Å². The maximum Gasteiger partial charge on any atom is 0.323 e. The number of nitrogens with two attached hydrogens (primary N) is 1. The molecular formula is C19H25NO2. The molecule has 2 aromatic rings. The molecule has 3 heteroatoms. The fourth-order valence-corrected chi connectivity index (χ4v) is 2.51. The van der Waals surface area contributed by atoms with Gasteiger partial charge in [-0.05, 0) is 48.9 Å². The Labute approximate surface area is 132 Å². The molecule has 0 saturated heterocycles. The monoisotopic (exact) mass is 299 g/mol. The number of aryl methyl sites for hydroxylation is 1. The van der Waals surface area contributed by atoms with Crippen LogP contribution in [0.5, 0.6) is 0 Å². The molecule has 0 amide bonds. The highest BCUT2D eigenvalue weighted by molar-refractivity contribution is 5.85. The summed E-state index contributed by atoms with van der Waals surface area (Å²) in [6.45, 7) is 3.88. The molecule has 2 rings (SSSR count). The standard InChI is InChI=1S/C19H25NO2/c1-3-14(2)22-19(21)18(20)13-7-11-16-10-6-9-15-8-4-5-12-17(15)16/h4-6,8-10,12,14,18H,3,7,11,13,20H2,1-2H3. The minimum absolute atomic E-state index is 0.0587. The van der Waals surface area contributed by atoms with E-state index in [1.165, 1.54) is 16.3 Å². The minimum Gasteiger partial charge on any atom is -0.462 e. The van der Waals surface area contributed by atoms with Crippen molar-refractivity contribution in [1.82, 2.24) is 0 Å². The van der Waals surface area contributed by atoms with Crippen LogP contribution in [-0.2, 0) is 16.0 Å². The van der Waals surface area contributed by atoms with Gasteiger partial charge in [-0.25, -0.2) is 0 Å². The SMILES string of the molecule is CCC(C)OC(=O)C(N)CCCc1cccc2ccccc12. The summed E-state index contributed by atoms with van der Waals surface area (Å²) in [5.74, 6) is -0.285. The molecule has 3 nitrogen and oxygen atoms in total. The lowest BCUT2D eigenvalue weighted by Crippen LogP contribution is -2.34. The second-order valence-electron chi connectivity index (χ2n) is 5.79. The second-order valence-corrected chi connectivity index (χ2v) is 5.79. The molecule has 22 heavy (non-hydrogen) atoms. The predicted molar refractivity (Wildman–Crippen MR) is 90.7 cm³/mol. The molecule has 0 aromatic heterocycles. The highest BCUT2D eigenvalue weighted by Crippen LogP contribution is 2.20. The summed E-state index contributed by atoms with van der Waals surface area (Å²) >= 11 is 0. The van der Waals surface area contributed by atoms with E-state index in [9.17, 15) is 4.79 Å². The van der Waals surface area contributed by atoms with Crippen molar-refractivity contribution in [3.05, 3.63) is 48.0 Å². The van der Waals surface area contributed by atoms with Gasteiger partial charge in [-0.3, -0.25) is 4.79 Å². The van der Waals surface area contributed by atoms with E-state index in [1.807, 2.05) is 19.9 Å². The molecule has 118 valence electrons. The van der Waals surface area contributed by atoms with Gasteiger partial charge in [-0.1, -0.05) is 49.4 Å². The normalized spacial score (nSPS) is 13.8. The summed E-state index contributed by atoms with van der Waals surface area (Å²) in [6, 6.07) is 14.2. The molecule has 0 bridgehead atoms. The third-order valence-electron chi connectivity index (χ3n) is 4.04. The van der Waals surface area contributed by atoms with Gasteiger partial charge < -0.3 is 10.5 Å². The average molecular weight is 299 g/mol. The van der Waals surface area contributed by atoms with Crippen molar-refractivity contribution in [3.8, 4) is 0 Å². The Morgan fingerprint density at radius 2 is 1.91 bits per heavy atom. The Kier molecular flexibility index (Phi) is 5.96. The number of benzene rings is 2. The van der Waals surface area contributed by atoms with Crippen molar-refractivity contribution in [2.75, 3.05) is 0 Å². The van der Waals surface area contributed by atoms with Gasteiger partial charge in [0.2, 0.25) is 0 Å². The maximum atomic E-state index is 11.8. The molecule has 2 aromatic carbocycles. The van der Waals surface area contributed by atoms with Crippen molar-refractivity contribution in [2.24, 2.45) is 5.73 Å². The first-order valence-corrected chi connectivity index (χ1v) is 8.04. The number of fused-ring (bicyclic) bond motifs is 1. The van der Waals surface area contributed by atoms with Crippen molar-refractivity contribution in [1.29, 1.82) is 0 Å². The number of hydrogen-bond donors (Lipinski definition) is 1. The highest BCUT2D eigenvalue weighted by atomic mass is 16.5. The fraction of sp³-hybridized carbons (Fsp3) is 0.421. The Morgan fingerprint density at radius 3 is 2.68 bits per heavy atom. The number of carbonyl (C=O) groups excluding carboxylic acids is 1. The molecule has 0 heterocycles. The Morgan fingerprint density at radius 1 is 1.18 bits per heavy atom. The largest absolute Gasteiger partial charge is 0.462 e. The number of rotatable bonds is 7. The van der Waals surface area contributed by atoms with E-state index in [0.717, 1.165) is 19.3 Å². The van der Waals surface area contributed by atoms with Crippen LogP contribution in [0.2, 0.25) is 0 Å². The van der Waals surface area contributed by atoms with Crippen LogP contribution in [0.3, 0.4) is 0 Å². The van der Waals surface area contributed by atoms with Gasteiger partial charge in [-0.2, -0.15) is 0 Å². The van der Waals surface area contributed by atoms with E-state index >= 15 is 0 Å². The van der Waals surface area contributed by atoms with E-state index in [4.69, 9.17) is 10.5 Å². The van der Waals surface area contributed by atoms with Crippen molar-refractivity contribution in [3.63, 3.8) is 0 Å². The summed E-state index contributed by atoms with van der Waals surface area (Å²) in [7, 11) is 0. The molecule has 0 fully saturated rings. The van der Waals surface area contributed by atoms with Crippen LogP contribution < -0.4 is 5.73 Å². The highest BCUT2D eigenvalue weighted by Gasteiger charge is 2.16. The molecule has 2 N–H and O–H groups in total. The third-order valence-corrected chi connectivity index (χ3v) is 4.04. The lowest BCUT2D eigenvalue weighted by molar-refractivity contribution is -0.150. The van der Waals surface area contributed by atoms with E-state index in [2.05, 4.69) is 36.4 Å². The summed E-state index contributed by atoms with van der Waals surface area (Å²) in [4.78, 5) is 11.8. The van der Waals surface area contributed by atoms with E-state index in [1.54, 1.807) is 0 Å². The van der Waals surface area contributed by atoms with Crippen LogP contribution in [-0.4, -0.2) is 18.1 Å². The van der Waals surface area contributed by atoms with Crippen molar-refractivity contribution in [2.45, 2.75) is 51.7 Å². The maximum absolute atomic E-state index is 11.8.